The van der Waals surface area contributed by atoms with E-state index in [1.807, 2.05) is 23.1 Å². The molecule has 4 rings (SSSR count). The van der Waals surface area contributed by atoms with E-state index in [1.165, 1.54) is 10.4 Å². The molecule has 3 heterocycles. The Morgan fingerprint density at radius 3 is 2.86 bits per heavy atom. The Labute approximate surface area is 170 Å². The van der Waals surface area contributed by atoms with Crippen LogP contribution in [0.2, 0.25) is 0 Å². The molecule has 0 bridgehead atoms. The minimum Gasteiger partial charge on any atom is -0.352 e. The quantitative estimate of drug-likeness (QED) is 0.860. The van der Waals surface area contributed by atoms with Crippen LogP contribution in [0, 0.1) is 11.8 Å². The van der Waals surface area contributed by atoms with Gasteiger partial charge in [-0.25, -0.2) is 0 Å². The molecule has 1 fully saturated rings. The van der Waals surface area contributed by atoms with Crippen molar-refractivity contribution in [2.45, 2.75) is 45.6 Å². The number of pyridine rings is 1. The highest BCUT2D eigenvalue weighted by atomic mass is 32.1. The van der Waals surface area contributed by atoms with E-state index in [9.17, 15) is 9.59 Å². The highest BCUT2D eigenvalue weighted by Crippen LogP contribution is 2.33. The van der Waals surface area contributed by atoms with Gasteiger partial charge in [0.05, 0.1) is 4.88 Å². The lowest BCUT2D eigenvalue weighted by Gasteiger charge is -2.29. The summed E-state index contributed by atoms with van der Waals surface area (Å²) in [5.74, 6) is 0.964. The number of hydrogen-bond donors (Lipinski definition) is 1. The molecule has 0 saturated carbocycles. The summed E-state index contributed by atoms with van der Waals surface area (Å²) >= 11 is 1.63. The van der Waals surface area contributed by atoms with Gasteiger partial charge in [-0.05, 0) is 61.3 Å². The number of nitrogens with one attached hydrogen (secondary N) is 1. The number of nitrogens with zero attached hydrogens (tertiary/aromatic N) is 2. The Bertz CT molecular complexity index is 841. The molecule has 0 radical (unpaired) electrons. The van der Waals surface area contributed by atoms with Crippen LogP contribution in [0.5, 0.6) is 0 Å². The van der Waals surface area contributed by atoms with E-state index in [0.29, 0.717) is 12.5 Å². The second-order valence-electron chi connectivity index (χ2n) is 8.05. The van der Waals surface area contributed by atoms with Crippen LogP contribution in [0.3, 0.4) is 0 Å². The molecule has 1 N–H and O–H groups in total. The Morgan fingerprint density at radius 2 is 2.11 bits per heavy atom. The summed E-state index contributed by atoms with van der Waals surface area (Å²) in [5, 5.41) is 3.03. The van der Waals surface area contributed by atoms with Gasteiger partial charge in [0.25, 0.3) is 5.91 Å². The number of aryl methyl sites for hydroxylation is 1. The molecule has 2 amide bonds. The third kappa shape index (κ3) is 4.27. The number of likely N-dealkylation sites (tertiary alicyclic amines) is 1. The van der Waals surface area contributed by atoms with Crippen LogP contribution < -0.4 is 5.32 Å². The number of aromatic nitrogens is 1. The predicted octanol–water partition coefficient (Wildman–Crippen LogP) is 3.44. The molecular weight excluding hydrogens is 370 g/mol. The van der Waals surface area contributed by atoms with Crippen LogP contribution in [0.25, 0.3) is 0 Å². The zero-order valence-corrected chi connectivity index (χ0v) is 17.1. The molecule has 0 unspecified atom stereocenters. The van der Waals surface area contributed by atoms with Crippen LogP contribution in [0.1, 0.15) is 51.9 Å². The maximum Gasteiger partial charge on any atom is 0.263 e. The molecule has 1 aliphatic carbocycles. The standard InChI is InChI=1S/C22H27N3O2S/c1-15-6-9-25(10-7-15)22(27)20-12-18-11-17(4-5-19(18)28-20)21(26)24-14-16-3-2-8-23-13-16/h2-3,8,12-13,15,17H,4-7,9-11,14H2,1H3,(H,24,26)/t17-/m0/s1. The lowest BCUT2D eigenvalue weighted by atomic mass is 9.87. The molecule has 0 spiro atoms. The van der Waals surface area contributed by atoms with E-state index in [1.54, 1.807) is 23.7 Å². The van der Waals surface area contributed by atoms with Gasteiger partial charge in [0.1, 0.15) is 0 Å². The highest BCUT2D eigenvalue weighted by molar-refractivity contribution is 7.14. The van der Waals surface area contributed by atoms with Crippen LogP contribution in [-0.4, -0.2) is 34.8 Å². The predicted molar refractivity (Wildman–Crippen MR) is 110 cm³/mol. The zero-order chi connectivity index (χ0) is 19.5. The van der Waals surface area contributed by atoms with E-state index < -0.39 is 0 Å². The van der Waals surface area contributed by atoms with Crippen LogP contribution in [0.4, 0.5) is 0 Å². The molecule has 1 aliphatic heterocycles. The third-order valence-electron chi connectivity index (χ3n) is 5.92. The molecule has 28 heavy (non-hydrogen) atoms. The average Bonchev–Trinajstić information content (AvgIpc) is 3.16. The first-order valence-electron chi connectivity index (χ1n) is 10.2. The summed E-state index contributed by atoms with van der Waals surface area (Å²) in [6, 6.07) is 5.88. The van der Waals surface area contributed by atoms with Crippen LogP contribution in [-0.2, 0) is 24.2 Å². The van der Waals surface area contributed by atoms with Gasteiger partial charge < -0.3 is 10.2 Å². The van der Waals surface area contributed by atoms with Crippen molar-refractivity contribution >= 4 is 23.2 Å². The minimum atomic E-state index is -0.0161. The van der Waals surface area contributed by atoms with Crippen molar-refractivity contribution < 1.29 is 9.59 Å². The topological polar surface area (TPSA) is 62.3 Å². The van der Waals surface area contributed by atoms with Gasteiger partial charge in [0.2, 0.25) is 5.91 Å². The number of carbonyl (C=O) groups is 2. The first kappa shape index (κ1) is 19.1. The average molecular weight is 398 g/mol. The monoisotopic (exact) mass is 397 g/mol. The lowest BCUT2D eigenvalue weighted by Crippen LogP contribution is -2.37. The van der Waals surface area contributed by atoms with E-state index in [0.717, 1.165) is 55.6 Å². The summed E-state index contributed by atoms with van der Waals surface area (Å²) < 4.78 is 0. The van der Waals surface area contributed by atoms with Crippen molar-refractivity contribution in [1.82, 2.24) is 15.2 Å². The first-order valence-corrected chi connectivity index (χ1v) is 11.0. The van der Waals surface area contributed by atoms with E-state index in [-0.39, 0.29) is 17.7 Å². The molecule has 1 saturated heterocycles. The number of carbonyl (C=O) groups excluding carboxylic acids is 2. The maximum absolute atomic E-state index is 12.9. The zero-order valence-electron chi connectivity index (χ0n) is 16.3. The molecule has 2 aliphatic rings. The van der Waals surface area contributed by atoms with Crippen molar-refractivity contribution in [3.8, 4) is 0 Å². The molecule has 5 nitrogen and oxygen atoms in total. The summed E-state index contributed by atoms with van der Waals surface area (Å²) in [5.41, 5.74) is 2.19. The van der Waals surface area contributed by atoms with Gasteiger partial charge in [0.15, 0.2) is 0 Å². The van der Waals surface area contributed by atoms with Crippen LogP contribution >= 0.6 is 11.3 Å². The van der Waals surface area contributed by atoms with E-state index >= 15 is 0 Å². The van der Waals surface area contributed by atoms with Gasteiger partial charge in [-0.3, -0.25) is 14.6 Å². The van der Waals surface area contributed by atoms with Gasteiger partial charge in [-0.1, -0.05) is 13.0 Å². The fourth-order valence-electron chi connectivity index (χ4n) is 4.06. The SMILES string of the molecule is CC1CCN(C(=O)c2cc3c(s2)CC[C@H](C(=O)NCc2cccnc2)C3)CC1. The molecule has 6 heteroatoms. The van der Waals surface area contributed by atoms with Crippen molar-refractivity contribution in [2.75, 3.05) is 13.1 Å². The molecule has 0 aromatic carbocycles. The molecular formula is C22H27N3O2S. The number of hydrogen-bond acceptors (Lipinski definition) is 4. The smallest absolute Gasteiger partial charge is 0.263 e. The second kappa shape index (κ2) is 8.43. The first-order chi connectivity index (χ1) is 13.6. The Hall–Kier alpha value is -2.21. The number of thiophene rings is 1. The summed E-state index contributed by atoms with van der Waals surface area (Å²) in [6.07, 6.45) is 8.16. The minimum absolute atomic E-state index is 0.0161. The highest BCUT2D eigenvalue weighted by Gasteiger charge is 2.29. The van der Waals surface area contributed by atoms with E-state index in [4.69, 9.17) is 0 Å². The fourth-order valence-corrected chi connectivity index (χ4v) is 5.23. The lowest BCUT2D eigenvalue weighted by molar-refractivity contribution is -0.125. The maximum atomic E-state index is 12.9. The molecule has 1 atom stereocenters. The summed E-state index contributed by atoms with van der Waals surface area (Å²) in [4.78, 5) is 33.6. The number of amides is 2. The number of rotatable bonds is 4. The normalized spacial score (nSPS) is 19.9. The van der Waals surface area contributed by atoms with Gasteiger partial charge in [-0.2, -0.15) is 0 Å². The van der Waals surface area contributed by atoms with Gasteiger partial charge in [0, 0.05) is 42.8 Å². The molecule has 148 valence electrons. The number of fused-ring (bicyclic) bond motifs is 1. The number of piperidine rings is 1. The van der Waals surface area contributed by atoms with Gasteiger partial charge in [-0.15, -0.1) is 11.3 Å². The van der Waals surface area contributed by atoms with E-state index in [2.05, 4.69) is 17.2 Å². The largest absolute Gasteiger partial charge is 0.352 e. The van der Waals surface area contributed by atoms with Crippen molar-refractivity contribution in [1.29, 1.82) is 0 Å². The van der Waals surface area contributed by atoms with Gasteiger partial charge >= 0.3 is 0 Å². The molecule has 2 aromatic heterocycles. The second-order valence-corrected chi connectivity index (χ2v) is 9.19. The Morgan fingerprint density at radius 1 is 1.29 bits per heavy atom. The summed E-state index contributed by atoms with van der Waals surface area (Å²) in [6.45, 7) is 4.49. The van der Waals surface area contributed by atoms with Crippen molar-refractivity contribution in [2.24, 2.45) is 11.8 Å². The Kier molecular flexibility index (Phi) is 5.76. The summed E-state index contributed by atoms with van der Waals surface area (Å²) in [7, 11) is 0. The van der Waals surface area contributed by atoms with Crippen molar-refractivity contribution in [3.63, 3.8) is 0 Å². The third-order valence-corrected chi connectivity index (χ3v) is 7.15. The van der Waals surface area contributed by atoms with Crippen molar-refractivity contribution in [3.05, 3.63) is 51.5 Å². The fraction of sp³-hybridized carbons (Fsp3) is 0.500. The van der Waals surface area contributed by atoms with Crippen LogP contribution in [0.15, 0.2) is 30.6 Å². The molecule has 2 aromatic rings. The Balaban J connectivity index is 1.36.